The Morgan fingerprint density at radius 2 is 1.67 bits per heavy atom. The van der Waals surface area contributed by atoms with Gasteiger partial charge in [-0.25, -0.2) is 0 Å². The maximum absolute atomic E-state index is 11.9. The second kappa shape index (κ2) is 7.28. The minimum absolute atomic E-state index is 0.412. The largest absolute Gasteiger partial charge is 0.483 e. The van der Waals surface area contributed by atoms with Gasteiger partial charge in [0.05, 0.1) is 0 Å². The van der Waals surface area contributed by atoms with Gasteiger partial charge in [0.15, 0.2) is 6.61 Å². The maximum atomic E-state index is 11.9. The molecule has 21 heavy (non-hydrogen) atoms. The van der Waals surface area contributed by atoms with E-state index in [4.69, 9.17) is 14.9 Å². The molecular formula is C14H17NO6. The summed E-state index contributed by atoms with van der Waals surface area (Å²) < 4.78 is 5.35. The highest BCUT2D eigenvalue weighted by Gasteiger charge is 2.20. The van der Waals surface area contributed by atoms with Crippen molar-refractivity contribution < 1.29 is 29.3 Å². The van der Waals surface area contributed by atoms with Gasteiger partial charge in [0.2, 0.25) is 0 Å². The molecule has 0 aliphatic carbocycles. The summed E-state index contributed by atoms with van der Waals surface area (Å²) in [5, 5.41) is 17.4. The summed E-state index contributed by atoms with van der Waals surface area (Å²) >= 11 is 0. The highest BCUT2D eigenvalue weighted by Crippen LogP contribution is 2.19. The van der Waals surface area contributed by atoms with E-state index in [9.17, 15) is 14.4 Å². The van der Waals surface area contributed by atoms with Crippen LogP contribution in [-0.2, 0) is 14.4 Å². The summed E-state index contributed by atoms with van der Waals surface area (Å²) in [5.41, 5.74) is 1.78. The second-order valence-electron chi connectivity index (χ2n) is 4.59. The minimum Gasteiger partial charge on any atom is -0.483 e. The van der Waals surface area contributed by atoms with Crippen molar-refractivity contribution in [2.75, 3.05) is 19.7 Å². The Hall–Kier alpha value is -2.57. The predicted octanol–water partition coefficient (Wildman–Crippen LogP) is 0.680. The number of ether oxygens (including phenoxy) is 1. The lowest BCUT2D eigenvalue weighted by Gasteiger charge is -2.19. The van der Waals surface area contributed by atoms with Crippen LogP contribution in [0.5, 0.6) is 5.75 Å². The van der Waals surface area contributed by atoms with Gasteiger partial charge >= 0.3 is 11.9 Å². The van der Waals surface area contributed by atoms with E-state index in [0.717, 1.165) is 16.0 Å². The molecule has 1 rings (SSSR count). The van der Waals surface area contributed by atoms with Crippen LogP contribution < -0.4 is 4.74 Å². The molecule has 7 heteroatoms. The van der Waals surface area contributed by atoms with Gasteiger partial charge in [-0.2, -0.15) is 0 Å². The number of hydrogen-bond acceptors (Lipinski definition) is 4. The summed E-state index contributed by atoms with van der Waals surface area (Å²) in [6, 6.07) is 5.48. The van der Waals surface area contributed by atoms with Crippen LogP contribution in [0.2, 0.25) is 0 Å². The SMILES string of the molecule is Cc1ccc(C)c(OCC(=O)N(CC(=O)O)CC(=O)O)c1. The quantitative estimate of drug-likeness (QED) is 0.766. The number of rotatable bonds is 7. The first-order chi connectivity index (χ1) is 9.79. The molecule has 0 bridgehead atoms. The van der Waals surface area contributed by atoms with Gasteiger partial charge in [-0.15, -0.1) is 0 Å². The zero-order chi connectivity index (χ0) is 16.0. The molecule has 0 aromatic heterocycles. The number of amides is 1. The smallest absolute Gasteiger partial charge is 0.323 e. The Morgan fingerprint density at radius 3 is 2.19 bits per heavy atom. The van der Waals surface area contributed by atoms with Crippen molar-refractivity contribution in [1.82, 2.24) is 4.90 Å². The number of carboxylic acids is 2. The number of aryl methyl sites for hydroxylation is 2. The molecule has 7 nitrogen and oxygen atoms in total. The fraction of sp³-hybridized carbons (Fsp3) is 0.357. The molecule has 0 saturated carbocycles. The third-order valence-electron chi connectivity index (χ3n) is 2.70. The monoisotopic (exact) mass is 295 g/mol. The van der Waals surface area contributed by atoms with Crippen LogP contribution in [0.1, 0.15) is 11.1 Å². The van der Waals surface area contributed by atoms with Crippen LogP contribution in [0.3, 0.4) is 0 Å². The van der Waals surface area contributed by atoms with Crippen LogP contribution in [0.15, 0.2) is 18.2 Å². The van der Waals surface area contributed by atoms with E-state index in [0.29, 0.717) is 5.75 Å². The predicted molar refractivity (Wildman–Crippen MR) is 73.3 cm³/mol. The van der Waals surface area contributed by atoms with Gasteiger partial charge < -0.3 is 19.8 Å². The number of hydrogen-bond donors (Lipinski definition) is 2. The van der Waals surface area contributed by atoms with E-state index in [1.165, 1.54) is 0 Å². The highest BCUT2D eigenvalue weighted by molar-refractivity contribution is 5.85. The topological polar surface area (TPSA) is 104 Å². The van der Waals surface area contributed by atoms with Crippen molar-refractivity contribution >= 4 is 17.8 Å². The van der Waals surface area contributed by atoms with Gasteiger partial charge in [-0.05, 0) is 31.0 Å². The third-order valence-corrected chi connectivity index (χ3v) is 2.70. The zero-order valence-electron chi connectivity index (χ0n) is 11.8. The van der Waals surface area contributed by atoms with E-state index in [1.54, 1.807) is 6.07 Å². The number of carbonyl (C=O) groups is 3. The molecule has 0 saturated heterocycles. The number of nitrogens with zero attached hydrogens (tertiary/aromatic N) is 1. The van der Waals surface area contributed by atoms with Crippen LogP contribution in [0, 0.1) is 13.8 Å². The first-order valence-electron chi connectivity index (χ1n) is 6.21. The van der Waals surface area contributed by atoms with Crippen LogP contribution >= 0.6 is 0 Å². The Labute approximate surface area is 121 Å². The molecule has 2 N–H and O–H groups in total. The molecule has 1 amide bonds. The summed E-state index contributed by atoms with van der Waals surface area (Å²) in [4.78, 5) is 33.9. The fourth-order valence-electron chi connectivity index (χ4n) is 1.65. The van der Waals surface area contributed by atoms with Crippen molar-refractivity contribution in [2.24, 2.45) is 0 Å². The molecule has 0 aliphatic rings. The average molecular weight is 295 g/mol. The minimum atomic E-state index is -1.28. The molecule has 0 fully saturated rings. The van der Waals surface area contributed by atoms with Gasteiger partial charge in [0.25, 0.3) is 5.91 Å². The average Bonchev–Trinajstić information content (AvgIpc) is 2.37. The molecule has 0 heterocycles. The lowest BCUT2D eigenvalue weighted by Crippen LogP contribution is -2.41. The normalized spacial score (nSPS) is 10.0. The van der Waals surface area contributed by atoms with Crippen LogP contribution in [-0.4, -0.2) is 52.7 Å². The molecule has 0 aliphatic heterocycles. The molecule has 114 valence electrons. The first-order valence-corrected chi connectivity index (χ1v) is 6.21. The van der Waals surface area contributed by atoms with Gasteiger partial charge in [-0.1, -0.05) is 12.1 Å². The highest BCUT2D eigenvalue weighted by atomic mass is 16.5. The lowest BCUT2D eigenvalue weighted by molar-refractivity contribution is -0.150. The van der Waals surface area contributed by atoms with Crippen LogP contribution in [0.4, 0.5) is 0 Å². The fourth-order valence-corrected chi connectivity index (χ4v) is 1.65. The van der Waals surface area contributed by atoms with Crippen molar-refractivity contribution in [3.8, 4) is 5.75 Å². The molecular weight excluding hydrogens is 278 g/mol. The van der Waals surface area contributed by atoms with Gasteiger partial charge in [0.1, 0.15) is 18.8 Å². The van der Waals surface area contributed by atoms with E-state index < -0.39 is 37.5 Å². The van der Waals surface area contributed by atoms with Gasteiger partial charge in [0, 0.05) is 0 Å². The molecule has 1 aromatic rings. The Balaban J connectivity index is 2.70. The lowest BCUT2D eigenvalue weighted by atomic mass is 10.1. The van der Waals surface area contributed by atoms with E-state index in [2.05, 4.69) is 0 Å². The molecule has 0 spiro atoms. The van der Waals surface area contributed by atoms with Crippen molar-refractivity contribution in [3.05, 3.63) is 29.3 Å². The van der Waals surface area contributed by atoms with E-state index >= 15 is 0 Å². The van der Waals surface area contributed by atoms with Crippen molar-refractivity contribution in [2.45, 2.75) is 13.8 Å². The first kappa shape index (κ1) is 16.5. The summed E-state index contributed by atoms with van der Waals surface area (Å²) in [5.74, 6) is -2.75. The number of aliphatic carboxylic acids is 2. The summed E-state index contributed by atoms with van der Waals surface area (Å²) in [7, 11) is 0. The number of carbonyl (C=O) groups excluding carboxylic acids is 1. The molecule has 0 radical (unpaired) electrons. The maximum Gasteiger partial charge on any atom is 0.323 e. The molecule has 0 unspecified atom stereocenters. The molecule has 1 aromatic carbocycles. The number of carboxylic acid groups (broad SMARTS) is 2. The summed E-state index contributed by atoms with van der Waals surface area (Å²) in [6.07, 6.45) is 0. The zero-order valence-corrected chi connectivity index (χ0v) is 11.8. The third kappa shape index (κ3) is 5.52. The summed E-state index contributed by atoms with van der Waals surface area (Å²) in [6.45, 7) is 1.91. The number of benzene rings is 1. The Kier molecular flexibility index (Phi) is 5.71. The van der Waals surface area contributed by atoms with E-state index in [1.807, 2.05) is 26.0 Å². The van der Waals surface area contributed by atoms with Crippen LogP contribution in [0.25, 0.3) is 0 Å². The van der Waals surface area contributed by atoms with Crippen molar-refractivity contribution in [3.63, 3.8) is 0 Å². The standard InChI is InChI=1S/C14H17NO6/c1-9-3-4-10(2)11(5-9)21-8-12(16)15(6-13(17)18)7-14(19)20/h3-5H,6-8H2,1-2H3,(H,17,18)(H,19,20). The Morgan fingerprint density at radius 1 is 1.10 bits per heavy atom. The molecule has 0 atom stereocenters. The van der Waals surface area contributed by atoms with E-state index in [-0.39, 0.29) is 0 Å². The van der Waals surface area contributed by atoms with Crippen molar-refractivity contribution in [1.29, 1.82) is 0 Å². The Bertz CT molecular complexity index is 538. The second-order valence-corrected chi connectivity index (χ2v) is 4.59. The van der Waals surface area contributed by atoms with Gasteiger partial charge in [-0.3, -0.25) is 14.4 Å².